The maximum atomic E-state index is 5.81. The fraction of sp³-hybridized carbons (Fsp3) is 1.00. The SMILES string of the molecule is CCC12CCC(OI)CC1CCC1C3CCC(C(C)CCCC(C)C)C3(C)CCC12. The van der Waals surface area contributed by atoms with Gasteiger partial charge in [-0.3, -0.25) is 0 Å². The summed E-state index contributed by atoms with van der Waals surface area (Å²) in [5, 5.41) is 0. The molecule has 2 heteroatoms. The minimum atomic E-state index is 0.531. The van der Waals surface area contributed by atoms with E-state index in [-0.39, 0.29) is 0 Å². The van der Waals surface area contributed by atoms with Crippen molar-refractivity contribution in [3.05, 3.63) is 0 Å². The van der Waals surface area contributed by atoms with Gasteiger partial charge in [-0.2, -0.15) is 0 Å². The average molecular weight is 529 g/mol. The van der Waals surface area contributed by atoms with Crippen molar-refractivity contribution in [2.24, 2.45) is 52.3 Å². The highest BCUT2D eigenvalue weighted by Crippen LogP contribution is 2.69. The van der Waals surface area contributed by atoms with Crippen LogP contribution in [0.2, 0.25) is 0 Å². The van der Waals surface area contributed by atoms with E-state index in [9.17, 15) is 0 Å². The fourth-order valence-corrected chi connectivity index (χ4v) is 10.3. The molecule has 0 bridgehead atoms. The summed E-state index contributed by atoms with van der Waals surface area (Å²) in [5.41, 5.74) is 1.29. The Bertz CT molecular complexity index is 575. The van der Waals surface area contributed by atoms with Crippen LogP contribution >= 0.6 is 23.0 Å². The van der Waals surface area contributed by atoms with Crippen LogP contribution in [0.3, 0.4) is 0 Å². The Morgan fingerprint density at radius 2 is 1.73 bits per heavy atom. The third kappa shape index (κ3) is 4.05. The van der Waals surface area contributed by atoms with Gasteiger partial charge in [0.15, 0.2) is 0 Å². The molecule has 4 aliphatic carbocycles. The summed E-state index contributed by atoms with van der Waals surface area (Å²) < 4.78 is 5.81. The second-order valence-electron chi connectivity index (χ2n) is 12.8. The molecule has 0 aromatic rings. The van der Waals surface area contributed by atoms with Crippen LogP contribution in [0.15, 0.2) is 0 Å². The fourth-order valence-electron chi connectivity index (χ4n) is 9.83. The second kappa shape index (κ2) is 9.51. The van der Waals surface area contributed by atoms with Crippen molar-refractivity contribution in [1.29, 1.82) is 0 Å². The van der Waals surface area contributed by atoms with Gasteiger partial charge in [-0.1, -0.05) is 53.9 Å². The van der Waals surface area contributed by atoms with Gasteiger partial charge >= 0.3 is 0 Å². The molecule has 9 atom stereocenters. The Balaban J connectivity index is 1.48. The first-order valence-electron chi connectivity index (χ1n) is 13.6. The highest BCUT2D eigenvalue weighted by molar-refractivity contribution is 14.1. The van der Waals surface area contributed by atoms with Gasteiger partial charge in [0.05, 0.1) is 6.10 Å². The molecule has 4 rings (SSSR count). The van der Waals surface area contributed by atoms with Gasteiger partial charge in [0.2, 0.25) is 0 Å². The van der Waals surface area contributed by atoms with E-state index < -0.39 is 0 Å². The molecule has 1 nitrogen and oxygen atoms in total. The second-order valence-corrected chi connectivity index (χ2v) is 13.3. The van der Waals surface area contributed by atoms with Crippen LogP contribution in [-0.2, 0) is 3.07 Å². The van der Waals surface area contributed by atoms with Crippen LogP contribution in [0.1, 0.15) is 118 Å². The monoisotopic (exact) mass is 528 g/mol. The van der Waals surface area contributed by atoms with Crippen LogP contribution in [0.4, 0.5) is 0 Å². The van der Waals surface area contributed by atoms with Crippen LogP contribution in [0.5, 0.6) is 0 Å². The van der Waals surface area contributed by atoms with E-state index in [1.165, 1.54) is 77.0 Å². The lowest BCUT2D eigenvalue weighted by molar-refractivity contribution is -0.134. The molecule has 0 aromatic carbocycles. The Labute approximate surface area is 201 Å². The highest BCUT2D eigenvalue weighted by Gasteiger charge is 2.61. The van der Waals surface area contributed by atoms with Crippen molar-refractivity contribution >= 4 is 23.0 Å². The molecule has 0 radical (unpaired) electrons. The van der Waals surface area contributed by atoms with Crippen molar-refractivity contribution in [3.63, 3.8) is 0 Å². The summed E-state index contributed by atoms with van der Waals surface area (Å²) in [6.07, 6.45) is 19.5. The van der Waals surface area contributed by atoms with E-state index in [0.717, 1.165) is 41.4 Å². The van der Waals surface area contributed by atoms with Gasteiger partial charge in [0, 0.05) is 0 Å². The minimum Gasteiger partial charge on any atom is -0.312 e. The lowest BCUT2D eigenvalue weighted by Crippen LogP contribution is -2.55. The molecule has 0 N–H and O–H groups in total. The molecule has 0 heterocycles. The van der Waals surface area contributed by atoms with Crippen molar-refractivity contribution in [2.75, 3.05) is 0 Å². The molecule has 9 unspecified atom stereocenters. The lowest BCUT2D eigenvalue weighted by Gasteiger charge is -2.62. The highest BCUT2D eigenvalue weighted by atomic mass is 127. The summed E-state index contributed by atoms with van der Waals surface area (Å²) in [6, 6.07) is 0. The van der Waals surface area contributed by atoms with Gasteiger partial charge in [-0.05, 0) is 116 Å². The molecule has 0 aliphatic heterocycles. The number of hydrogen-bond acceptors (Lipinski definition) is 1. The molecule has 0 spiro atoms. The molecule has 0 saturated heterocycles. The topological polar surface area (TPSA) is 9.23 Å². The molecule has 4 fully saturated rings. The van der Waals surface area contributed by atoms with Crippen molar-refractivity contribution in [1.82, 2.24) is 0 Å². The minimum absolute atomic E-state index is 0.531. The van der Waals surface area contributed by atoms with Crippen LogP contribution < -0.4 is 0 Å². The van der Waals surface area contributed by atoms with Crippen molar-refractivity contribution in [2.45, 2.75) is 124 Å². The van der Waals surface area contributed by atoms with Gasteiger partial charge in [0.25, 0.3) is 0 Å². The van der Waals surface area contributed by atoms with E-state index in [4.69, 9.17) is 3.07 Å². The standard InChI is InChI=1S/C28H49IO/c1-6-28-17-14-22(30-29)18-21(28)10-11-23-25-13-12-24(20(4)9-7-8-19(2)3)27(25,5)16-15-26(23)28/h19-26H,6-18H2,1-5H3. The largest absolute Gasteiger partial charge is 0.312 e. The first-order valence-corrected chi connectivity index (χ1v) is 14.5. The van der Waals surface area contributed by atoms with Gasteiger partial charge < -0.3 is 3.07 Å². The zero-order chi connectivity index (χ0) is 21.5. The molecular formula is C28H49IO. The number of halogens is 1. The Morgan fingerprint density at radius 3 is 2.43 bits per heavy atom. The zero-order valence-corrected chi connectivity index (χ0v) is 22.8. The summed E-state index contributed by atoms with van der Waals surface area (Å²) in [7, 11) is 0. The van der Waals surface area contributed by atoms with Gasteiger partial charge in [-0.15, -0.1) is 0 Å². The summed E-state index contributed by atoms with van der Waals surface area (Å²) in [5.74, 6) is 6.81. The number of hydrogen-bond donors (Lipinski definition) is 0. The first-order chi connectivity index (χ1) is 14.4. The molecule has 30 heavy (non-hydrogen) atoms. The first kappa shape index (κ1) is 23.8. The van der Waals surface area contributed by atoms with E-state index in [2.05, 4.69) is 57.6 Å². The van der Waals surface area contributed by atoms with E-state index >= 15 is 0 Å². The molecule has 0 amide bonds. The summed E-state index contributed by atoms with van der Waals surface area (Å²) in [4.78, 5) is 0. The smallest absolute Gasteiger partial charge is 0.110 e. The quantitative estimate of drug-likeness (QED) is 0.299. The number of rotatable bonds is 7. The average Bonchev–Trinajstić information content (AvgIpc) is 3.09. The molecule has 4 aliphatic rings. The van der Waals surface area contributed by atoms with Gasteiger partial charge in [0.1, 0.15) is 23.0 Å². The lowest BCUT2D eigenvalue weighted by atomic mass is 9.43. The van der Waals surface area contributed by atoms with Gasteiger partial charge in [-0.25, -0.2) is 0 Å². The van der Waals surface area contributed by atoms with E-state index in [1.54, 1.807) is 6.42 Å². The molecule has 174 valence electrons. The Hall–Kier alpha value is 0.690. The maximum absolute atomic E-state index is 5.81. The molecule has 0 aromatic heterocycles. The summed E-state index contributed by atoms with van der Waals surface area (Å²) >= 11 is 2.17. The molecule has 4 saturated carbocycles. The van der Waals surface area contributed by atoms with E-state index in [0.29, 0.717) is 16.9 Å². The Kier molecular flexibility index (Phi) is 7.56. The van der Waals surface area contributed by atoms with Crippen LogP contribution in [-0.4, -0.2) is 6.10 Å². The predicted octanol–water partition coefficient (Wildman–Crippen LogP) is 9.23. The zero-order valence-electron chi connectivity index (χ0n) is 20.6. The number of fused-ring (bicyclic) bond motifs is 5. The summed E-state index contributed by atoms with van der Waals surface area (Å²) in [6.45, 7) is 12.7. The normalized spacial score (nSPS) is 46.9. The third-order valence-electron chi connectivity index (χ3n) is 11.3. The maximum Gasteiger partial charge on any atom is 0.110 e. The van der Waals surface area contributed by atoms with Crippen molar-refractivity contribution in [3.8, 4) is 0 Å². The van der Waals surface area contributed by atoms with Crippen LogP contribution in [0, 0.1) is 52.3 Å². The third-order valence-corrected chi connectivity index (χ3v) is 12.0. The van der Waals surface area contributed by atoms with Crippen molar-refractivity contribution < 1.29 is 3.07 Å². The predicted molar refractivity (Wildman–Crippen MR) is 137 cm³/mol. The van der Waals surface area contributed by atoms with E-state index in [1.807, 2.05) is 0 Å². The van der Waals surface area contributed by atoms with Crippen LogP contribution in [0.25, 0.3) is 0 Å². The molecular weight excluding hydrogens is 479 g/mol. The Morgan fingerprint density at radius 1 is 0.933 bits per heavy atom.